The standard InChI is InChI=1S/C23H24ClN3O5S2/c1-16-12-17(2)14-20(13-16)27(34(31,32)21-8-6-18(24)7-9-21)11-10-23(28)26-19-4-3-5-22(15-19)33(25,29)30/h3-9,12-15H,10-11H2,1-2H3,(H,26,28)(H2,25,29,30). The van der Waals surface area contributed by atoms with Crippen molar-refractivity contribution in [1.29, 1.82) is 0 Å². The fourth-order valence-electron chi connectivity index (χ4n) is 3.39. The van der Waals surface area contributed by atoms with Gasteiger partial charge in [0.15, 0.2) is 0 Å². The summed E-state index contributed by atoms with van der Waals surface area (Å²) in [5.74, 6) is -0.493. The van der Waals surface area contributed by atoms with Crippen LogP contribution in [0.5, 0.6) is 0 Å². The second-order valence-corrected chi connectivity index (χ2v) is 11.6. The SMILES string of the molecule is Cc1cc(C)cc(N(CCC(=O)Nc2cccc(S(N)(=O)=O)c2)S(=O)(=O)c2ccc(Cl)cc2)c1. The molecule has 11 heteroatoms. The van der Waals surface area contributed by atoms with Crippen LogP contribution in [0.4, 0.5) is 11.4 Å². The fourth-order valence-corrected chi connectivity index (χ4v) is 5.53. The normalized spacial score (nSPS) is 11.8. The number of nitrogens with zero attached hydrogens (tertiary/aromatic N) is 1. The van der Waals surface area contributed by atoms with Gasteiger partial charge in [0.05, 0.1) is 15.5 Å². The maximum atomic E-state index is 13.5. The van der Waals surface area contributed by atoms with Crippen LogP contribution in [0.3, 0.4) is 0 Å². The second kappa shape index (κ2) is 10.1. The zero-order valence-corrected chi connectivity index (χ0v) is 20.9. The number of hydrogen-bond acceptors (Lipinski definition) is 5. The lowest BCUT2D eigenvalue weighted by atomic mass is 10.1. The van der Waals surface area contributed by atoms with Crippen molar-refractivity contribution in [3.05, 3.63) is 82.9 Å². The third-order valence-electron chi connectivity index (χ3n) is 4.88. The molecule has 0 unspecified atom stereocenters. The zero-order valence-electron chi connectivity index (χ0n) is 18.5. The van der Waals surface area contributed by atoms with Crippen molar-refractivity contribution in [2.45, 2.75) is 30.1 Å². The predicted molar refractivity (Wildman–Crippen MR) is 133 cm³/mol. The number of primary sulfonamides is 1. The van der Waals surface area contributed by atoms with Crippen LogP contribution in [-0.4, -0.2) is 29.3 Å². The van der Waals surface area contributed by atoms with E-state index in [0.29, 0.717) is 10.7 Å². The lowest BCUT2D eigenvalue weighted by molar-refractivity contribution is -0.116. The number of nitrogens with one attached hydrogen (secondary N) is 1. The molecule has 0 saturated heterocycles. The van der Waals surface area contributed by atoms with Crippen LogP contribution in [0.25, 0.3) is 0 Å². The van der Waals surface area contributed by atoms with Gasteiger partial charge < -0.3 is 5.32 Å². The largest absolute Gasteiger partial charge is 0.326 e. The zero-order chi connectivity index (χ0) is 25.1. The van der Waals surface area contributed by atoms with E-state index in [9.17, 15) is 21.6 Å². The minimum absolute atomic E-state index is 0.0392. The summed E-state index contributed by atoms with van der Waals surface area (Å²) in [5.41, 5.74) is 2.40. The van der Waals surface area contributed by atoms with E-state index in [0.717, 1.165) is 11.1 Å². The van der Waals surface area contributed by atoms with E-state index in [1.54, 1.807) is 12.1 Å². The van der Waals surface area contributed by atoms with Gasteiger partial charge in [0.25, 0.3) is 10.0 Å². The van der Waals surface area contributed by atoms with Gasteiger partial charge in [-0.15, -0.1) is 0 Å². The molecule has 0 atom stereocenters. The highest BCUT2D eigenvalue weighted by Gasteiger charge is 2.26. The number of anilines is 2. The molecule has 1 amide bonds. The first-order valence-electron chi connectivity index (χ1n) is 10.2. The molecule has 0 aliphatic rings. The quantitative estimate of drug-likeness (QED) is 0.465. The number of carbonyl (C=O) groups is 1. The van der Waals surface area contributed by atoms with E-state index in [1.807, 2.05) is 19.9 Å². The third-order valence-corrected chi connectivity index (χ3v) is 7.89. The summed E-state index contributed by atoms with van der Waals surface area (Å²) in [6.45, 7) is 3.57. The van der Waals surface area contributed by atoms with E-state index < -0.39 is 26.0 Å². The summed E-state index contributed by atoms with van der Waals surface area (Å²) < 4.78 is 51.2. The predicted octanol–water partition coefficient (Wildman–Crippen LogP) is 3.83. The van der Waals surface area contributed by atoms with E-state index in [1.165, 1.54) is 52.8 Å². The summed E-state index contributed by atoms with van der Waals surface area (Å²) in [6, 6.07) is 16.7. The van der Waals surface area contributed by atoms with Gasteiger partial charge in [-0.1, -0.05) is 23.7 Å². The maximum absolute atomic E-state index is 13.5. The molecule has 0 radical (unpaired) electrons. The van der Waals surface area contributed by atoms with Crippen molar-refractivity contribution >= 4 is 48.9 Å². The number of amides is 1. The van der Waals surface area contributed by atoms with Crippen molar-refractivity contribution in [3.63, 3.8) is 0 Å². The molecule has 3 aromatic rings. The number of aryl methyl sites for hydroxylation is 2. The van der Waals surface area contributed by atoms with Gasteiger partial charge in [0, 0.05) is 23.7 Å². The Morgan fingerprint density at radius 1 is 0.912 bits per heavy atom. The first-order valence-corrected chi connectivity index (χ1v) is 13.5. The number of nitrogens with two attached hydrogens (primary N) is 1. The molecule has 8 nitrogen and oxygen atoms in total. The van der Waals surface area contributed by atoms with Crippen molar-refractivity contribution in [2.75, 3.05) is 16.2 Å². The topological polar surface area (TPSA) is 127 Å². The highest BCUT2D eigenvalue weighted by molar-refractivity contribution is 7.92. The first-order chi connectivity index (χ1) is 15.9. The van der Waals surface area contributed by atoms with Crippen molar-refractivity contribution in [3.8, 4) is 0 Å². The summed E-state index contributed by atoms with van der Waals surface area (Å²) in [5, 5.41) is 8.12. The molecule has 3 N–H and O–H groups in total. The van der Waals surface area contributed by atoms with E-state index >= 15 is 0 Å². The van der Waals surface area contributed by atoms with Crippen LogP contribution in [0.15, 0.2) is 76.5 Å². The molecule has 180 valence electrons. The van der Waals surface area contributed by atoms with Crippen LogP contribution in [0.1, 0.15) is 17.5 Å². The smallest absolute Gasteiger partial charge is 0.264 e. The van der Waals surface area contributed by atoms with Crippen molar-refractivity contribution in [2.24, 2.45) is 5.14 Å². The first kappa shape index (κ1) is 25.7. The Kier molecular flexibility index (Phi) is 7.67. The summed E-state index contributed by atoms with van der Waals surface area (Å²) >= 11 is 5.91. The number of rotatable bonds is 8. The van der Waals surface area contributed by atoms with Crippen LogP contribution < -0.4 is 14.8 Å². The lowest BCUT2D eigenvalue weighted by Crippen LogP contribution is -2.34. The number of carbonyl (C=O) groups excluding carboxylic acids is 1. The van der Waals surface area contributed by atoms with Crippen LogP contribution in [0, 0.1) is 13.8 Å². The molecular formula is C23H24ClN3O5S2. The number of hydrogen-bond donors (Lipinski definition) is 2. The van der Waals surface area contributed by atoms with Gasteiger partial charge in [-0.05, 0) is 79.6 Å². The average Bonchev–Trinajstić information content (AvgIpc) is 2.73. The Hall–Kier alpha value is -2.92. The molecule has 0 saturated carbocycles. The molecule has 0 aliphatic carbocycles. The van der Waals surface area contributed by atoms with Crippen molar-refractivity contribution in [1.82, 2.24) is 0 Å². The molecule has 34 heavy (non-hydrogen) atoms. The van der Waals surface area contributed by atoms with Gasteiger partial charge in [-0.3, -0.25) is 9.10 Å². The lowest BCUT2D eigenvalue weighted by Gasteiger charge is -2.25. The molecule has 3 rings (SSSR count). The van der Waals surface area contributed by atoms with Gasteiger partial charge in [0.1, 0.15) is 0 Å². The number of sulfonamides is 2. The molecule has 0 aromatic heterocycles. The Morgan fingerprint density at radius 3 is 2.12 bits per heavy atom. The van der Waals surface area contributed by atoms with Crippen LogP contribution in [-0.2, 0) is 24.8 Å². The maximum Gasteiger partial charge on any atom is 0.264 e. The summed E-state index contributed by atoms with van der Waals surface area (Å²) in [6.07, 6.45) is -0.181. The monoisotopic (exact) mass is 521 g/mol. The van der Waals surface area contributed by atoms with Crippen molar-refractivity contribution < 1.29 is 21.6 Å². The van der Waals surface area contributed by atoms with E-state index in [2.05, 4.69) is 5.32 Å². The van der Waals surface area contributed by atoms with E-state index in [4.69, 9.17) is 16.7 Å². The highest BCUT2D eigenvalue weighted by Crippen LogP contribution is 2.27. The minimum Gasteiger partial charge on any atom is -0.326 e. The summed E-state index contributed by atoms with van der Waals surface area (Å²) in [4.78, 5) is 12.5. The molecule has 3 aromatic carbocycles. The molecule has 0 spiro atoms. The van der Waals surface area contributed by atoms with E-state index in [-0.39, 0.29) is 28.4 Å². The van der Waals surface area contributed by atoms with Gasteiger partial charge >= 0.3 is 0 Å². The number of benzene rings is 3. The average molecular weight is 522 g/mol. The minimum atomic E-state index is -4.00. The number of halogens is 1. The van der Waals surface area contributed by atoms with Crippen LogP contribution >= 0.6 is 11.6 Å². The third kappa shape index (κ3) is 6.35. The molecule has 0 bridgehead atoms. The Morgan fingerprint density at radius 2 is 1.53 bits per heavy atom. The fraction of sp³-hybridized carbons (Fsp3) is 0.174. The molecule has 0 fully saturated rings. The molecule has 0 heterocycles. The Labute approximate surface area is 204 Å². The second-order valence-electron chi connectivity index (χ2n) is 7.75. The van der Waals surface area contributed by atoms with Crippen LogP contribution in [0.2, 0.25) is 5.02 Å². The summed E-state index contributed by atoms with van der Waals surface area (Å²) in [7, 11) is -7.93. The van der Waals surface area contributed by atoms with Gasteiger partial charge in [-0.2, -0.15) is 0 Å². The molecular weight excluding hydrogens is 498 g/mol. The Balaban J connectivity index is 1.88. The molecule has 0 aliphatic heterocycles. The highest BCUT2D eigenvalue weighted by atomic mass is 35.5. The van der Waals surface area contributed by atoms with Gasteiger partial charge in [-0.25, -0.2) is 22.0 Å². The van der Waals surface area contributed by atoms with Gasteiger partial charge in [0.2, 0.25) is 15.9 Å². The Bertz CT molecular complexity index is 1400.